The van der Waals surface area contributed by atoms with E-state index in [4.69, 9.17) is 28.3 Å². The number of H-pyrrole nitrogens is 1. The van der Waals surface area contributed by atoms with E-state index in [1.165, 1.54) is 0 Å². The number of anilines is 1. The van der Waals surface area contributed by atoms with Crippen LogP contribution in [0.5, 0.6) is 0 Å². The number of likely N-dealkylation sites (tertiary alicyclic amines) is 1. The molecule has 10 nitrogen and oxygen atoms in total. The third-order valence-corrected chi connectivity index (χ3v) is 6.35. The second-order valence-electron chi connectivity index (χ2n) is 7.85. The number of nitrogens with one attached hydrogen (secondary N) is 2. The van der Waals surface area contributed by atoms with Crippen LogP contribution in [-0.2, 0) is 16.1 Å². The molecule has 1 amide bonds. The molecule has 1 fully saturated rings. The number of aromatic nitrogens is 4. The summed E-state index contributed by atoms with van der Waals surface area (Å²) in [7, 11) is 0. The summed E-state index contributed by atoms with van der Waals surface area (Å²) in [5.41, 5.74) is 1.42. The Balaban J connectivity index is 1.43. The maximum atomic E-state index is 12.8. The van der Waals surface area contributed by atoms with Crippen molar-refractivity contribution in [2.45, 2.75) is 38.3 Å². The number of hydrogen-bond donors (Lipinski definition) is 3. The molecule has 1 aliphatic rings. The van der Waals surface area contributed by atoms with Crippen molar-refractivity contribution in [2.75, 3.05) is 18.4 Å². The molecule has 33 heavy (non-hydrogen) atoms. The molecule has 2 aromatic heterocycles. The van der Waals surface area contributed by atoms with Crippen LogP contribution < -0.4 is 10.9 Å². The van der Waals surface area contributed by atoms with Crippen LogP contribution in [0.2, 0.25) is 10.0 Å². The van der Waals surface area contributed by atoms with Crippen LogP contribution in [-0.4, -0.2) is 54.7 Å². The fourth-order valence-electron chi connectivity index (χ4n) is 3.90. The van der Waals surface area contributed by atoms with E-state index in [9.17, 15) is 14.4 Å². The Hall–Kier alpha value is -3.11. The number of carbonyl (C=O) groups excluding carboxylic acids is 1. The van der Waals surface area contributed by atoms with E-state index in [2.05, 4.69) is 20.4 Å². The van der Waals surface area contributed by atoms with Crippen molar-refractivity contribution in [3.63, 3.8) is 0 Å². The van der Waals surface area contributed by atoms with E-state index in [1.54, 1.807) is 27.9 Å². The third kappa shape index (κ3) is 5.28. The zero-order valence-corrected chi connectivity index (χ0v) is 19.1. The minimum atomic E-state index is -0.987. The third-order valence-electron chi connectivity index (χ3n) is 5.62. The summed E-state index contributed by atoms with van der Waals surface area (Å²) >= 11 is 12.0. The normalized spacial score (nSPS) is 14.5. The molecular weight excluding hydrogens is 471 g/mol. The Labute approximate surface area is 198 Å². The van der Waals surface area contributed by atoms with E-state index >= 15 is 0 Å². The Bertz CT molecular complexity index is 1250. The lowest BCUT2D eigenvalue weighted by atomic mass is 10.0. The molecule has 1 aliphatic heterocycles. The van der Waals surface area contributed by atoms with E-state index in [0.717, 1.165) is 5.56 Å². The highest BCUT2D eigenvalue weighted by molar-refractivity contribution is 6.42. The second kappa shape index (κ2) is 9.80. The maximum absolute atomic E-state index is 12.8. The van der Waals surface area contributed by atoms with Crippen LogP contribution in [0.25, 0.3) is 11.0 Å². The van der Waals surface area contributed by atoms with Gasteiger partial charge < -0.3 is 15.3 Å². The minimum Gasteiger partial charge on any atom is -0.481 e. The van der Waals surface area contributed by atoms with Crippen LogP contribution in [0.4, 0.5) is 5.95 Å². The number of nitrogens with zero attached hydrogens (tertiary/aromatic N) is 4. The summed E-state index contributed by atoms with van der Waals surface area (Å²) in [5, 5.41) is 17.1. The molecule has 0 aliphatic carbocycles. The highest BCUT2D eigenvalue weighted by Gasteiger charge is 2.26. The van der Waals surface area contributed by atoms with Crippen LogP contribution in [0, 0.1) is 0 Å². The Morgan fingerprint density at radius 1 is 1.18 bits per heavy atom. The first-order valence-corrected chi connectivity index (χ1v) is 11.2. The van der Waals surface area contributed by atoms with Crippen molar-refractivity contribution in [2.24, 2.45) is 0 Å². The smallest absolute Gasteiger partial charge is 0.303 e. The molecule has 174 valence electrons. The molecule has 0 unspecified atom stereocenters. The summed E-state index contributed by atoms with van der Waals surface area (Å²) in [4.78, 5) is 44.5. The summed E-state index contributed by atoms with van der Waals surface area (Å²) in [6.07, 6.45) is 2.61. The molecule has 0 bridgehead atoms. The predicted molar refractivity (Wildman–Crippen MR) is 124 cm³/mol. The number of benzene rings is 1. The predicted octanol–water partition coefficient (Wildman–Crippen LogP) is 3.07. The average molecular weight is 493 g/mol. The van der Waals surface area contributed by atoms with Crippen LogP contribution >= 0.6 is 23.2 Å². The standard InChI is InChI=1S/C21H22Cl2N6O4/c22-14-2-1-12(9-15(14)23)10-24-21-26-16-11-25-29(19(16)20(33)27-21)13-5-7-28(8-6-13)17(30)3-4-18(31)32/h1-2,9,11,13H,3-8,10H2,(H,31,32)(H2,24,26,27,33). The van der Waals surface area contributed by atoms with Crippen LogP contribution in [0.15, 0.2) is 29.2 Å². The van der Waals surface area contributed by atoms with Crippen molar-refractivity contribution in [3.05, 3.63) is 50.4 Å². The summed E-state index contributed by atoms with van der Waals surface area (Å²) in [6.45, 7) is 1.37. The van der Waals surface area contributed by atoms with Gasteiger partial charge in [-0.3, -0.25) is 24.0 Å². The zero-order valence-electron chi connectivity index (χ0n) is 17.6. The number of hydrogen-bond acceptors (Lipinski definition) is 6. The molecule has 3 aromatic rings. The lowest BCUT2D eigenvalue weighted by Crippen LogP contribution is -2.39. The van der Waals surface area contributed by atoms with Crippen molar-refractivity contribution in [1.82, 2.24) is 24.6 Å². The molecule has 0 radical (unpaired) electrons. The number of carbonyl (C=O) groups is 2. The summed E-state index contributed by atoms with van der Waals surface area (Å²) < 4.78 is 1.67. The van der Waals surface area contributed by atoms with Crippen molar-refractivity contribution in [1.29, 1.82) is 0 Å². The number of halogens is 2. The maximum Gasteiger partial charge on any atom is 0.303 e. The quantitative estimate of drug-likeness (QED) is 0.461. The Morgan fingerprint density at radius 2 is 1.94 bits per heavy atom. The minimum absolute atomic E-state index is 0.00765. The van der Waals surface area contributed by atoms with Gasteiger partial charge in [-0.25, -0.2) is 4.98 Å². The largest absolute Gasteiger partial charge is 0.481 e. The molecular formula is C21H22Cl2N6O4. The fraction of sp³-hybridized carbons (Fsp3) is 0.381. The monoisotopic (exact) mass is 492 g/mol. The molecule has 0 atom stereocenters. The highest BCUT2D eigenvalue weighted by Crippen LogP contribution is 2.26. The average Bonchev–Trinajstić information content (AvgIpc) is 3.23. The second-order valence-corrected chi connectivity index (χ2v) is 8.66. The fourth-order valence-corrected chi connectivity index (χ4v) is 4.22. The zero-order chi connectivity index (χ0) is 23.5. The number of aliphatic carboxylic acids is 1. The van der Waals surface area contributed by atoms with Crippen LogP contribution in [0.3, 0.4) is 0 Å². The van der Waals surface area contributed by atoms with E-state index in [1.807, 2.05) is 6.07 Å². The Kier molecular flexibility index (Phi) is 6.85. The van der Waals surface area contributed by atoms with Gasteiger partial charge in [-0.05, 0) is 30.5 Å². The van der Waals surface area contributed by atoms with Gasteiger partial charge in [0.2, 0.25) is 11.9 Å². The van der Waals surface area contributed by atoms with Gasteiger partial charge in [0.05, 0.1) is 28.7 Å². The SMILES string of the molecule is O=C(O)CCC(=O)N1CCC(n2ncc3nc(NCc4ccc(Cl)c(Cl)c4)[nH]c(=O)c32)CC1. The molecule has 4 rings (SSSR count). The van der Waals surface area contributed by atoms with Gasteiger partial charge >= 0.3 is 5.97 Å². The van der Waals surface area contributed by atoms with Gasteiger partial charge in [-0.2, -0.15) is 5.10 Å². The van der Waals surface area contributed by atoms with Gasteiger partial charge in [0, 0.05) is 26.1 Å². The van der Waals surface area contributed by atoms with E-state index in [-0.39, 0.29) is 30.3 Å². The first-order chi connectivity index (χ1) is 15.8. The Morgan fingerprint density at radius 3 is 2.64 bits per heavy atom. The summed E-state index contributed by atoms with van der Waals surface area (Å²) in [5.74, 6) is -0.839. The van der Waals surface area contributed by atoms with Gasteiger partial charge in [0.25, 0.3) is 5.56 Å². The number of aromatic amines is 1. The number of carboxylic acid groups (broad SMARTS) is 1. The molecule has 0 saturated carbocycles. The van der Waals surface area contributed by atoms with Crippen molar-refractivity contribution in [3.8, 4) is 0 Å². The summed E-state index contributed by atoms with van der Waals surface area (Å²) in [6, 6.07) is 5.22. The lowest BCUT2D eigenvalue weighted by molar-refractivity contribution is -0.141. The number of amides is 1. The number of fused-ring (bicyclic) bond motifs is 1. The van der Waals surface area contributed by atoms with Crippen LogP contribution in [0.1, 0.15) is 37.3 Å². The van der Waals surface area contributed by atoms with Gasteiger partial charge in [-0.15, -0.1) is 0 Å². The van der Waals surface area contributed by atoms with Gasteiger partial charge in [0.1, 0.15) is 5.52 Å². The van der Waals surface area contributed by atoms with E-state index in [0.29, 0.717) is 59.5 Å². The van der Waals surface area contributed by atoms with Crippen molar-refractivity contribution < 1.29 is 14.7 Å². The lowest BCUT2D eigenvalue weighted by Gasteiger charge is -2.32. The molecule has 1 aromatic carbocycles. The first-order valence-electron chi connectivity index (χ1n) is 10.5. The topological polar surface area (TPSA) is 133 Å². The molecule has 3 heterocycles. The first kappa shape index (κ1) is 23.1. The number of rotatable bonds is 7. The highest BCUT2D eigenvalue weighted by atomic mass is 35.5. The molecule has 1 saturated heterocycles. The molecule has 3 N–H and O–H groups in total. The number of piperidine rings is 1. The van der Waals surface area contributed by atoms with Gasteiger partial charge in [0.15, 0.2) is 5.52 Å². The van der Waals surface area contributed by atoms with E-state index < -0.39 is 5.97 Å². The number of carboxylic acids is 1. The molecule has 0 spiro atoms. The van der Waals surface area contributed by atoms with Crippen molar-refractivity contribution >= 4 is 52.1 Å². The van der Waals surface area contributed by atoms with Gasteiger partial charge in [-0.1, -0.05) is 29.3 Å². The molecule has 12 heteroatoms.